The van der Waals surface area contributed by atoms with Crippen LogP contribution in [-0.4, -0.2) is 76.5 Å². The van der Waals surface area contributed by atoms with Crippen LogP contribution in [-0.2, 0) is 25.9 Å². The Bertz CT molecular complexity index is 1110. The summed E-state index contributed by atoms with van der Waals surface area (Å²) < 4.78 is 28.5. The van der Waals surface area contributed by atoms with Gasteiger partial charge in [-0.1, -0.05) is 5.92 Å². The van der Waals surface area contributed by atoms with E-state index >= 15 is 0 Å². The number of aromatic nitrogens is 1. The number of fused-ring (bicyclic) bond motifs is 1. The Kier molecular flexibility index (Phi) is 5.67. The Balaban J connectivity index is 1.66. The SMILES string of the molecule is CC(CCN1Cc2cc(C#CC#CC3(O)COC3)cn2C1=O)(C(=O)NO)S(C)(=O)=O. The predicted molar refractivity (Wildman–Crippen MR) is 104 cm³/mol. The van der Waals surface area contributed by atoms with Gasteiger partial charge in [-0.3, -0.25) is 14.6 Å². The van der Waals surface area contributed by atoms with E-state index in [0.29, 0.717) is 11.3 Å². The minimum absolute atomic E-state index is 0.00461. The normalized spacial score (nSPS) is 18.8. The molecule has 1 aromatic rings. The maximum Gasteiger partial charge on any atom is 0.328 e. The number of nitrogens with zero attached hydrogens (tertiary/aromatic N) is 2. The van der Waals surface area contributed by atoms with E-state index in [1.54, 1.807) is 12.3 Å². The minimum atomic E-state index is -3.84. The number of hydrogen-bond acceptors (Lipinski definition) is 7. The lowest BCUT2D eigenvalue weighted by Gasteiger charge is -2.30. The van der Waals surface area contributed by atoms with Crippen LogP contribution in [0.5, 0.6) is 0 Å². The third kappa shape index (κ3) is 4.06. The van der Waals surface area contributed by atoms with Gasteiger partial charge in [-0.25, -0.2) is 18.7 Å². The highest BCUT2D eigenvalue weighted by Gasteiger charge is 2.44. The summed E-state index contributed by atoms with van der Waals surface area (Å²) in [4.78, 5) is 25.9. The number of ether oxygens (including phenoxy) is 1. The van der Waals surface area contributed by atoms with Gasteiger partial charge in [-0.05, 0) is 37.2 Å². The third-order valence-electron chi connectivity index (χ3n) is 5.23. The van der Waals surface area contributed by atoms with E-state index in [1.165, 1.54) is 21.9 Å². The molecule has 160 valence electrons. The van der Waals surface area contributed by atoms with Gasteiger partial charge in [0, 0.05) is 30.3 Å². The van der Waals surface area contributed by atoms with Gasteiger partial charge in [0.25, 0.3) is 5.91 Å². The van der Waals surface area contributed by atoms with E-state index in [0.717, 1.165) is 6.26 Å². The maximum atomic E-state index is 12.6. The molecule has 1 atom stereocenters. The topological polar surface area (TPSA) is 138 Å². The summed E-state index contributed by atoms with van der Waals surface area (Å²) in [5, 5.41) is 18.7. The van der Waals surface area contributed by atoms with Crippen LogP contribution in [0.3, 0.4) is 0 Å². The second kappa shape index (κ2) is 7.78. The van der Waals surface area contributed by atoms with E-state index in [1.807, 2.05) is 0 Å². The molecule has 1 aromatic heterocycles. The summed E-state index contributed by atoms with van der Waals surface area (Å²) in [5.74, 6) is 9.56. The number of rotatable bonds is 5. The number of amides is 2. The van der Waals surface area contributed by atoms with E-state index in [9.17, 15) is 23.1 Å². The molecular weight excluding hydrogens is 414 g/mol. The Morgan fingerprint density at radius 2 is 2.10 bits per heavy atom. The van der Waals surface area contributed by atoms with Crippen LogP contribution >= 0.6 is 0 Å². The maximum absolute atomic E-state index is 12.6. The smallest absolute Gasteiger partial charge is 0.328 e. The van der Waals surface area contributed by atoms with Crippen molar-refractivity contribution in [2.45, 2.75) is 30.2 Å². The first kappa shape index (κ1) is 21.9. The molecule has 0 radical (unpaired) electrons. The first-order chi connectivity index (χ1) is 14.0. The van der Waals surface area contributed by atoms with Gasteiger partial charge in [-0.2, -0.15) is 0 Å². The summed E-state index contributed by atoms with van der Waals surface area (Å²) in [6.45, 7) is 1.75. The van der Waals surface area contributed by atoms with Crippen molar-refractivity contribution in [1.29, 1.82) is 0 Å². The second-order valence-electron chi connectivity index (χ2n) is 7.51. The number of nitrogens with one attached hydrogen (secondary N) is 1. The van der Waals surface area contributed by atoms with Gasteiger partial charge in [-0.15, -0.1) is 0 Å². The fourth-order valence-electron chi connectivity index (χ4n) is 3.02. The number of hydroxylamine groups is 1. The lowest BCUT2D eigenvalue weighted by atomic mass is 10.0. The largest absolute Gasteiger partial charge is 0.373 e. The van der Waals surface area contributed by atoms with Crippen LogP contribution in [0.2, 0.25) is 0 Å². The van der Waals surface area contributed by atoms with Crippen LogP contribution in [0.15, 0.2) is 12.3 Å². The summed E-state index contributed by atoms with van der Waals surface area (Å²) in [6.07, 6.45) is 2.27. The minimum Gasteiger partial charge on any atom is -0.373 e. The fraction of sp³-hybridized carbons (Fsp3) is 0.474. The summed E-state index contributed by atoms with van der Waals surface area (Å²) in [7, 11) is -3.84. The van der Waals surface area contributed by atoms with E-state index in [-0.39, 0.29) is 38.8 Å². The monoisotopic (exact) mass is 435 g/mol. The van der Waals surface area contributed by atoms with Crippen molar-refractivity contribution in [3.05, 3.63) is 23.5 Å². The van der Waals surface area contributed by atoms with Crippen molar-refractivity contribution in [3.63, 3.8) is 0 Å². The zero-order chi connectivity index (χ0) is 22.2. The highest BCUT2D eigenvalue weighted by Crippen LogP contribution is 2.25. The van der Waals surface area contributed by atoms with E-state index < -0.39 is 26.1 Å². The molecule has 10 nitrogen and oxygen atoms in total. The van der Waals surface area contributed by atoms with Crippen molar-refractivity contribution in [1.82, 2.24) is 14.9 Å². The van der Waals surface area contributed by atoms with E-state index in [2.05, 4.69) is 23.7 Å². The highest BCUT2D eigenvalue weighted by atomic mass is 32.2. The van der Waals surface area contributed by atoms with Crippen LogP contribution in [0.1, 0.15) is 24.6 Å². The Morgan fingerprint density at radius 1 is 1.40 bits per heavy atom. The highest BCUT2D eigenvalue weighted by molar-refractivity contribution is 7.92. The van der Waals surface area contributed by atoms with Crippen LogP contribution in [0.25, 0.3) is 0 Å². The molecule has 2 aliphatic heterocycles. The molecule has 0 saturated carbocycles. The lowest BCUT2D eigenvalue weighted by Crippen LogP contribution is -2.50. The van der Waals surface area contributed by atoms with Crippen molar-refractivity contribution in [3.8, 4) is 23.7 Å². The number of hydrogen-bond donors (Lipinski definition) is 3. The quantitative estimate of drug-likeness (QED) is 0.309. The summed E-state index contributed by atoms with van der Waals surface area (Å²) in [6, 6.07) is 1.34. The molecular formula is C19H21N3O7S. The molecule has 1 fully saturated rings. The number of sulfone groups is 1. The summed E-state index contributed by atoms with van der Waals surface area (Å²) >= 11 is 0. The van der Waals surface area contributed by atoms with Crippen molar-refractivity contribution in [2.75, 3.05) is 26.0 Å². The Morgan fingerprint density at radius 3 is 2.63 bits per heavy atom. The first-order valence-corrected chi connectivity index (χ1v) is 10.9. The number of carbonyl (C=O) groups excluding carboxylic acids is 2. The molecule has 3 heterocycles. The van der Waals surface area contributed by atoms with Gasteiger partial charge >= 0.3 is 6.03 Å². The average Bonchev–Trinajstić information content (AvgIpc) is 3.19. The molecule has 0 bridgehead atoms. The molecule has 2 aliphatic rings. The first-order valence-electron chi connectivity index (χ1n) is 8.97. The van der Waals surface area contributed by atoms with Crippen molar-refractivity contribution < 1.29 is 33.1 Å². The van der Waals surface area contributed by atoms with Gasteiger partial charge < -0.3 is 14.7 Å². The summed E-state index contributed by atoms with van der Waals surface area (Å²) in [5.41, 5.74) is 1.48. The van der Waals surface area contributed by atoms with Gasteiger partial charge in [0.1, 0.15) is 0 Å². The Labute approximate surface area is 173 Å². The molecule has 2 amide bonds. The number of carbonyl (C=O) groups is 2. The van der Waals surface area contributed by atoms with Crippen LogP contribution in [0, 0.1) is 23.7 Å². The Hall–Kier alpha value is -2.83. The molecule has 3 rings (SSSR count). The average molecular weight is 435 g/mol. The lowest BCUT2D eigenvalue weighted by molar-refractivity contribution is -0.140. The molecule has 1 saturated heterocycles. The van der Waals surface area contributed by atoms with E-state index in [4.69, 9.17) is 9.94 Å². The third-order valence-corrected chi connectivity index (χ3v) is 7.26. The second-order valence-corrected chi connectivity index (χ2v) is 9.96. The number of aliphatic hydroxyl groups is 1. The molecule has 11 heteroatoms. The molecule has 3 N–H and O–H groups in total. The zero-order valence-electron chi connectivity index (χ0n) is 16.4. The standard InChI is InChI=1S/C19H21N3O7S/c1-18(16(23)20-26,30(2,27)28)7-8-21-11-15-9-14(10-22(15)17(21)24)5-3-4-6-19(25)12-29-13-19/h9-10,25-26H,7-8,11-13H2,1-2H3,(H,20,23). The molecule has 0 aliphatic carbocycles. The van der Waals surface area contributed by atoms with Crippen LogP contribution < -0.4 is 5.48 Å². The zero-order valence-corrected chi connectivity index (χ0v) is 17.2. The van der Waals surface area contributed by atoms with Gasteiger partial charge in [0.05, 0.1) is 19.8 Å². The van der Waals surface area contributed by atoms with Crippen molar-refractivity contribution in [2.24, 2.45) is 0 Å². The molecule has 0 spiro atoms. The van der Waals surface area contributed by atoms with Crippen molar-refractivity contribution >= 4 is 21.8 Å². The van der Waals surface area contributed by atoms with Gasteiger partial charge in [0.2, 0.25) is 0 Å². The molecule has 0 aromatic carbocycles. The van der Waals surface area contributed by atoms with Crippen LogP contribution in [0.4, 0.5) is 4.79 Å². The molecule has 30 heavy (non-hydrogen) atoms. The van der Waals surface area contributed by atoms with Gasteiger partial charge in [0.15, 0.2) is 20.2 Å². The molecule has 1 unspecified atom stereocenters. The predicted octanol–water partition coefficient (Wildman–Crippen LogP) is -0.913. The fourth-order valence-corrected chi connectivity index (χ4v) is 3.86.